The highest BCUT2D eigenvalue weighted by atomic mass is 79.9. The predicted octanol–water partition coefficient (Wildman–Crippen LogP) is 18.4. The standard InChI is InChI=1S/C29H22Br2O2.C29H24O2.C15H12O/c1-15-9-21-19-7-5-17(30)11-24(19)29(23(21)10-16(15)2)25-12-18(31)6-8-20(25)22-13-27(32-3)28(33-4)14-26(22)29;1-17-13-21-19-9-5-7-11-23(19)29(25(21)14-18(17)2)24-12-8-6-10-20(24)22-15-27(30-3)28(31-4)16-26(22)29;1-9-7-13-11-5-3-4-6-12(11)15(16)14(13)8-10(9)2/h5-14H,1-4H3;5-16H,1-4H3;3-8H,1-2H3. The van der Waals surface area contributed by atoms with Crippen LogP contribution in [0.3, 0.4) is 0 Å². The Balaban J connectivity index is 0.000000120. The fraction of sp³-hybridized carbons (Fsp3) is 0.164. The summed E-state index contributed by atoms with van der Waals surface area (Å²) in [7, 11) is 6.81. The van der Waals surface area contributed by atoms with Crippen LogP contribution >= 0.6 is 31.9 Å². The van der Waals surface area contributed by atoms with Crippen molar-refractivity contribution in [1.29, 1.82) is 0 Å². The quantitative estimate of drug-likeness (QED) is 0.176. The van der Waals surface area contributed by atoms with Gasteiger partial charge in [-0.3, -0.25) is 4.79 Å². The van der Waals surface area contributed by atoms with Crippen molar-refractivity contribution in [2.75, 3.05) is 28.4 Å². The second kappa shape index (κ2) is 19.1. The first-order valence-corrected chi connectivity index (χ1v) is 28.6. The summed E-state index contributed by atoms with van der Waals surface area (Å²) in [5, 5.41) is 0. The molecule has 0 aliphatic heterocycles. The maximum atomic E-state index is 12.2. The number of hydrogen-bond donors (Lipinski definition) is 0. The molecule has 5 nitrogen and oxygen atoms in total. The number of aryl methyl sites for hydroxylation is 6. The van der Waals surface area contributed by atoms with Gasteiger partial charge in [0.25, 0.3) is 0 Å². The minimum Gasteiger partial charge on any atom is -0.493 e. The van der Waals surface area contributed by atoms with E-state index in [1.807, 2.05) is 37.3 Å². The van der Waals surface area contributed by atoms with E-state index in [-0.39, 0.29) is 11.2 Å². The van der Waals surface area contributed by atoms with Crippen LogP contribution in [-0.2, 0) is 10.8 Å². The van der Waals surface area contributed by atoms with Crippen molar-refractivity contribution in [3.8, 4) is 78.6 Å². The van der Waals surface area contributed by atoms with Crippen molar-refractivity contribution in [2.24, 2.45) is 0 Å². The number of halogens is 2. The van der Waals surface area contributed by atoms with Crippen molar-refractivity contribution in [1.82, 2.24) is 0 Å². The number of fused-ring (bicyclic) bond motifs is 23. The Labute approximate surface area is 485 Å². The summed E-state index contributed by atoms with van der Waals surface area (Å²) >= 11 is 7.52. The van der Waals surface area contributed by atoms with Crippen LogP contribution in [0, 0.1) is 41.5 Å². The molecule has 10 aromatic carbocycles. The summed E-state index contributed by atoms with van der Waals surface area (Å²) in [4.78, 5) is 12.2. The molecule has 80 heavy (non-hydrogen) atoms. The highest BCUT2D eigenvalue weighted by molar-refractivity contribution is 9.10. The van der Waals surface area contributed by atoms with Crippen LogP contribution in [0.2, 0.25) is 0 Å². The molecule has 0 amide bonds. The molecule has 0 radical (unpaired) electrons. The molecule has 394 valence electrons. The molecule has 2 spiro atoms. The molecule has 0 aromatic heterocycles. The smallest absolute Gasteiger partial charge is 0.194 e. The summed E-state index contributed by atoms with van der Waals surface area (Å²) in [6.07, 6.45) is 0. The second-order valence-corrected chi connectivity index (χ2v) is 23.6. The molecule has 0 saturated heterocycles. The zero-order valence-corrected chi connectivity index (χ0v) is 49.6. The van der Waals surface area contributed by atoms with Crippen LogP contribution in [0.15, 0.2) is 179 Å². The number of ketones is 1. The van der Waals surface area contributed by atoms with E-state index in [2.05, 4.69) is 206 Å². The fourth-order valence-electron chi connectivity index (χ4n) is 13.8. The monoisotopic (exact) mass is 1170 g/mol. The summed E-state index contributed by atoms with van der Waals surface area (Å²) in [6, 6.07) is 61.0. The van der Waals surface area contributed by atoms with Gasteiger partial charge in [-0.2, -0.15) is 0 Å². The van der Waals surface area contributed by atoms with E-state index in [9.17, 15) is 4.79 Å². The van der Waals surface area contributed by atoms with E-state index in [0.29, 0.717) is 0 Å². The van der Waals surface area contributed by atoms with Crippen molar-refractivity contribution >= 4 is 37.6 Å². The molecule has 0 heterocycles. The number of methoxy groups -OCH3 is 4. The molecule has 2 atom stereocenters. The summed E-state index contributed by atoms with van der Waals surface area (Å²) in [5.74, 6) is 3.18. The molecule has 0 fully saturated rings. The average Bonchev–Trinajstić information content (AvgIpc) is 2.38. The number of hydrogen-bond acceptors (Lipinski definition) is 5. The van der Waals surface area contributed by atoms with Crippen LogP contribution in [0.1, 0.15) is 93.8 Å². The molecule has 10 aromatic rings. The van der Waals surface area contributed by atoms with Crippen molar-refractivity contribution in [3.05, 3.63) is 268 Å². The Kier molecular flexibility index (Phi) is 12.3. The predicted molar refractivity (Wildman–Crippen MR) is 331 cm³/mol. The Hall–Kier alpha value is -7.97. The third kappa shape index (κ3) is 7.22. The molecule has 5 aliphatic rings. The lowest BCUT2D eigenvalue weighted by Crippen LogP contribution is -2.26. The third-order valence-electron chi connectivity index (χ3n) is 17.9. The van der Waals surface area contributed by atoms with Gasteiger partial charge in [0.1, 0.15) is 0 Å². The first-order valence-electron chi connectivity index (χ1n) is 27.0. The van der Waals surface area contributed by atoms with Crippen LogP contribution in [0.4, 0.5) is 0 Å². The minimum atomic E-state index is -0.430. The van der Waals surface area contributed by atoms with E-state index in [0.717, 1.165) is 54.2 Å². The molecule has 0 saturated carbocycles. The van der Waals surface area contributed by atoms with Gasteiger partial charge in [-0.05, 0) is 230 Å². The Morgan fingerprint density at radius 3 is 1.01 bits per heavy atom. The van der Waals surface area contributed by atoms with Gasteiger partial charge < -0.3 is 18.9 Å². The largest absolute Gasteiger partial charge is 0.493 e. The van der Waals surface area contributed by atoms with Crippen LogP contribution < -0.4 is 18.9 Å². The average molecular weight is 1180 g/mol. The first-order chi connectivity index (χ1) is 38.7. The zero-order valence-electron chi connectivity index (χ0n) is 46.5. The molecule has 0 N–H and O–H groups in total. The van der Waals surface area contributed by atoms with E-state index in [4.69, 9.17) is 18.9 Å². The van der Waals surface area contributed by atoms with Gasteiger partial charge in [-0.1, -0.05) is 147 Å². The lowest BCUT2D eigenvalue weighted by Gasteiger charge is -2.31. The SMILES string of the molecule is COc1cc2c(cc1OC)C1(c3cc(Br)ccc3-c3cc(C)c(C)cc31)c1cc(Br)ccc1-2.COc1cc2c(cc1OC)C1(c3ccccc3-c3cc(C)c(C)cc31)c1ccccc1-2.Cc1cc2c(cc1C)-c1ccccc1C2=O. The van der Waals surface area contributed by atoms with E-state index in [1.165, 1.54) is 122 Å². The van der Waals surface area contributed by atoms with E-state index >= 15 is 0 Å². The second-order valence-electron chi connectivity index (χ2n) is 21.8. The van der Waals surface area contributed by atoms with Gasteiger partial charge in [0, 0.05) is 20.1 Å². The summed E-state index contributed by atoms with van der Waals surface area (Å²) in [5.41, 5.74) is 31.3. The normalized spacial score (nSPS) is 16.1. The molecule has 0 bridgehead atoms. The van der Waals surface area contributed by atoms with Gasteiger partial charge >= 0.3 is 0 Å². The van der Waals surface area contributed by atoms with Crippen molar-refractivity contribution < 1.29 is 23.7 Å². The van der Waals surface area contributed by atoms with Gasteiger partial charge in [-0.15, -0.1) is 0 Å². The number of benzene rings is 10. The van der Waals surface area contributed by atoms with Gasteiger partial charge in [0.2, 0.25) is 0 Å². The number of carbonyl (C=O) groups is 1. The maximum absolute atomic E-state index is 12.2. The van der Waals surface area contributed by atoms with Crippen LogP contribution in [-0.4, -0.2) is 34.2 Å². The summed E-state index contributed by atoms with van der Waals surface area (Å²) < 4.78 is 25.1. The highest BCUT2D eigenvalue weighted by Gasteiger charge is 2.54. The summed E-state index contributed by atoms with van der Waals surface area (Å²) in [6.45, 7) is 12.9. The van der Waals surface area contributed by atoms with Crippen LogP contribution in [0.25, 0.3) is 55.6 Å². The van der Waals surface area contributed by atoms with Gasteiger partial charge in [0.15, 0.2) is 28.8 Å². The number of rotatable bonds is 4. The van der Waals surface area contributed by atoms with Gasteiger partial charge in [-0.25, -0.2) is 0 Å². The van der Waals surface area contributed by atoms with E-state index in [1.54, 1.807) is 28.4 Å². The third-order valence-corrected chi connectivity index (χ3v) is 18.9. The molecule has 7 heteroatoms. The molecule has 5 aliphatic carbocycles. The maximum Gasteiger partial charge on any atom is 0.194 e. The molecule has 15 rings (SSSR count). The number of ether oxygens (including phenoxy) is 4. The Bertz CT molecular complexity index is 4320. The topological polar surface area (TPSA) is 54.0 Å². The zero-order chi connectivity index (χ0) is 55.7. The van der Waals surface area contributed by atoms with Gasteiger partial charge in [0.05, 0.1) is 39.3 Å². The van der Waals surface area contributed by atoms with E-state index < -0.39 is 5.41 Å². The van der Waals surface area contributed by atoms with Crippen LogP contribution in [0.5, 0.6) is 23.0 Å². The fourth-order valence-corrected chi connectivity index (χ4v) is 14.5. The molecular formula is C73H58Br2O5. The van der Waals surface area contributed by atoms with Crippen molar-refractivity contribution in [2.45, 2.75) is 52.4 Å². The Morgan fingerprint density at radius 2 is 0.575 bits per heavy atom. The number of carbonyl (C=O) groups excluding carboxylic acids is 1. The Morgan fingerprint density at radius 1 is 0.275 bits per heavy atom. The lowest BCUT2D eigenvalue weighted by atomic mass is 9.70. The minimum absolute atomic E-state index is 0.161. The first kappa shape index (κ1) is 51.5. The highest BCUT2D eigenvalue weighted by Crippen LogP contribution is 2.66. The van der Waals surface area contributed by atoms with Crippen molar-refractivity contribution in [3.63, 3.8) is 0 Å². The lowest BCUT2D eigenvalue weighted by molar-refractivity contribution is 0.104. The molecular weight excluding hydrogens is 1120 g/mol. The molecule has 2 unspecified atom stereocenters.